The molecule has 0 unspecified atom stereocenters. The van der Waals surface area contributed by atoms with Gasteiger partial charge in [-0.2, -0.15) is 8.78 Å². The standard InChI is InChI=1S/C20H21F3N2O2/c21-17-7-3-1-5-15(17)14-25-12-11-24(10-9-19(25)26)13-16-6-2-4-8-18(16)27-20(22)23/h1-8,20H,9-14H2. The first-order valence-electron chi connectivity index (χ1n) is 8.79. The molecule has 1 fully saturated rings. The number of hydrogen-bond donors (Lipinski definition) is 0. The molecule has 2 aromatic rings. The van der Waals surface area contributed by atoms with Gasteiger partial charge in [0.1, 0.15) is 11.6 Å². The monoisotopic (exact) mass is 378 g/mol. The second-order valence-corrected chi connectivity index (χ2v) is 6.42. The Morgan fingerprint density at radius 3 is 2.37 bits per heavy atom. The van der Waals surface area contributed by atoms with Crippen LogP contribution in [0.15, 0.2) is 48.5 Å². The number of benzene rings is 2. The zero-order valence-electron chi connectivity index (χ0n) is 14.8. The maximum atomic E-state index is 13.9. The van der Waals surface area contributed by atoms with Gasteiger partial charge in [0.25, 0.3) is 0 Å². The van der Waals surface area contributed by atoms with Crippen molar-refractivity contribution in [2.75, 3.05) is 19.6 Å². The minimum atomic E-state index is -2.88. The number of rotatable bonds is 6. The van der Waals surface area contributed by atoms with E-state index >= 15 is 0 Å². The molecule has 0 aromatic heterocycles. The summed E-state index contributed by atoms with van der Waals surface area (Å²) in [6.45, 7) is -0.717. The van der Waals surface area contributed by atoms with E-state index in [9.17, 15) is 18.0 Å². The number of amides is 1. The fourth-order valence-corrected chi connectivity index (χ4v) is 3.15. The van der Waals surface area contributed by atoms with E-state index in [-0.39, 0.29) is 24.0 Å². The topological polar surface area (TPSA) is 32.8 Å². The highest BCUT2D eigenvalue weighted by Crippen LogP contribution is 2.23. The molecule has 3 rings (SSSR count). The van der Waals surface area contributed by atoms with E-state index in [1.165, 1.54) is 12.1 Å². The Morgan fingerprint density at radius 2 is 1.63 bits per heavy atom. The maximum absolute atomic E-state index is 13.9. The maximum Gasteiger partial charge on any atom is 0.387 e. The van der Waals surface area contributed by atoms with Crippen molar-refractivity contribution in [3.63, 3.8) is 0 Å². The number of nitrogens with zero attached hydrogens (tertiary/aromatic N) is 2. The summed E-state index contributed by atoms with van der Waals surface area (Å²) in [7, 11) is 0. The van der Waals surface area contributed by atoms with E-state index in [1.54, 1.807) is 41.3 Å². The normalized spacial score (nSPS) is 15.9. The van der Waals surface area contributed by atoms with Crippen molar-refractivity contribution in [3.8, 4) is 5.75 Å². The molecule has 0 bridgehead atoms. The predicted molar refractivity (Wildman–Crippen MR) is 94.8 cm³/mol. The molecule has 144 valence electrons. The molecule has 27 heavy (non-hydrogen) atoms. The quantitative estimate of drug-likeness (QED) is 0.769. The second kappa shape index (κ2) is 8.90. The highest BCUT2D eigenvalue weighted by Gasteiger charge is 2.22. The molecule has 2 aromatic carbocycles. The summed E-state index contributed by atoms with van der Waals surface area (Å²) in [5.41, 5.74) is 1.13. The molecular weight excluding hydrogens is 357 g/mol. The largest absolute Gasteiger partial charge is 0.434 e. The molecule has 0 spiro atoms. The molecule has 1 aliphatic rings. The number of carbonyl (C=O) groups excluding carboxylic acids is 1. The van der Waals surface area contributed by atoms with Gasteiger partial charge in [-0.25, -0.2) is 4.39 Å². The average molecular weight is 378 g/mol. The Labute approximate surface area is 156 Å². The molecule has 1 amide bonds. The SMILES string of the molecule is O=C1CCN(Cc2ccccc2OC(F)F)CCN1Cc1ccccc1F. The van der Waals surface area contributed by atoms with Gasteiger partial charge in [0.2, 0.25) is 5.91 Å². The third kappa shape index (κ3) is 5.23. The predicted octanol–water partition coefficient (Wildman–Crippen LogP) is 3.66. The zero-order valence-corrected chi connectivity index (χ0v) is 14.8. The van der Waals surface area contributed by atoms with E-state index in [1.807, 2.05) is 4.90 Å². The van der Waals surface area contributed by atoms with Crippen LogP contribution in [0, 0.1) is 5.82 Å². The van der Waals surface area contributed by atoms with E-state index in [0.717, 1.165) is 0 Å². The minimum Gasteiger partial charge on any atom is -0.434 e. The van der Waals surface area contributed by atoms with Gasteiger partial charge in [0.05, 0.1) is 0 Å². The van der Waals surface area contributed by atoms with Gasteiger partial charge in [-0.3, -0.25) is 9.69 Å². The zero-order chi connectivity index (χ0) is 19.2. The summed E-state index contributed by atoms with van der Waals surface area (Å²) in [6.07, 6.45) is 0.298. The van der Waals surface area contributed by atoms with Crippen LogP contribution in [-0.2, 0) is 17.9 Å². The lowest BCUT2D eigenvalue weighted by molar-refractivity contribution is -0.131. The Kier molecular flexibility index (Phi) is 6.34. The molecule has 7 heteroatoms. The van der Waals surface area contributed by atoms with Gasteiger partial charge in [-0.1, -0.05) is 36.4 Å². The van der Waals surface area contributed by atoms with Crippen LogP contribution in [0.5, 0.6) is 5.75 Å². The smallest absolute Gasteiger partial charge is 0.387 e. The Bertz CT molecular complexity index is 785. The summed E-state index contributed by atoms with van der Waals surface area (Å²) >= 11 is 0. The van der Waals surface area contributed by atoms with E-state index in [4.69, 9.17) is 0 Å². The van der Waals surface area contributed by atoms with Crippen LogP contribution in [-0.4, -0.2) is 42.0 Å². The summed E-state index contributed by atoms with van der Waals surface area (Å²) in [6, 6.07) is 13.1. The first-order chi connectivity index (χ1) is 13.0. The number of hydrogen-bond acceptors (Lipinski definition) is 3. The molecule has 0 aliphatic carbocycles. The van der Waals surface area contributed by atoms with Crippen molar-refractivity contribution in [2.24, 2.45) is 0 Å². The molecular formula is C20H21F3N2O2. The first-order valence-corrected chi connectivity index (χ1v) is 8.79. The van der Waals surface area contributed by atoms with Crippen molar-refractivity contribution in [1.29, 1.82) is 0 Å². The number of para-hydroxylation sites is 1. The molecule has 0 N–H and O–H groups in total. The summed E-state index contributed by atoms with van der Waals surface area (Å²) in [5.74, 6) is -0.228. The molecule has 1 saturated heterocycles. The van der Waals surface area contributed by atoms with Crippen molar-refractivity contribution < 1.29 is 22.7 Å². The molecule has 4 nitrogen and oxygen atoms in total. The highest BCUT2D eigenvalue weighted by atomic mass is 19.3. The third-order valence-electron chi connectivity index (χ3n) is 4.58. The van der Waals surface area contributed by atoms with Crippen molar-refractivity contribution in [3.05, 3.63) is 65.5 Å². The third-order valence-corrected chi connectivity index (χ3v) is 4.58. The summed E-state index contributed by atoms with van der Waals surface area (Å²) in [5, 5.41) is 0. The van der Waals surface area contributed by atoms with Crippen LogP contribution in [0.4, 0.5) is 13.2 Å². The van der Waals surface area contributed by atoms with Crippen LogP contribution in [0.2, 0.25) is 0 Å². The van der Waals surface area contributed by atoms with Crippen molar-refractivity contribution >= 4 is 5.91 Å². The molecule has 1 heterocycles. The summed E-state index contributed by atoms with van der Waals surface area (Å²) < 4.78 is 43.6. The number of carbonyl (C=O) groups is 1. The van der Waals surface area contributed by atoms with E-state index < -0.39 is 6.61 Å². The Morgan fingerprint density at radius 1 is 0.926 bits per heavy atom. The Balaban J connectivity index is 1.64. The number of alkyl halides is 2. The highest BCUT2D eigenvalue weighted by molar-refractivity contribution is 5.76. The van der Waals surface area contributed by atoms with Crippen molar-refractivity contribution in [1.82, 2.24) is 9.80 Å². The molecule has 0 atom stereocenters. The van der Waals surface area contributed by atoms with Gasteiger partial charge in [-0.15, -0.1) is 0 Å². The van der Waals surface area contributed by atoms with Gasteiger partial charge >= 0.3 is 6.61 Å². The van der Waals surface area contributed by atoms with Gasteiger partial charge in [0, 0.05) is 50.3 Å². The van der Waals surface area contributed by atoms with E-state index in [0.29, 0.717) is 43.7 Å². The van der Waals surface area contributed by atoms with E-state index in [2.05, 4.69) is 4.74 Å². The van der Waals surface area contributed by atoms with Gasteiger partial charge < -0.3 is 9.64 Å². The van der Waals surface area contributed by atoms with Crippen LogP contribution < -0.4 is 4.74 Å². The molecule has 0 saturated carbocycles. The summed E-state index contributed by atoms with van der Waals surface area (Å²) in [4.78, 5) is 16.1. The van der Waals surface area contributed by atoms with Crippen molar-refractivity contribution in [2.45, 2.75) is 26.1 Å². The van der Waals surface area contributed by atoms with Gasteiger partial charge in [0.15, 0.2) is 0 Å². The van der Waals surface area contributed by atoms with Crippen LogP contribution in [0.3, 0.4) is 0 Å². The Hall–Kier alpha value is -2.54. The lowest BCUT2D eigenvalue weighted by atomic mass is 10.2. The van der Waals surface area contributed by atoms with Crippen LogP contribution in [0.25, 0.3) is 0 Å². The second-order valence-electron chi connectivity index (χ2n) is 6.42. The molecule has 0 radical (unpaired) electrons. The molecule has 1 aliphatic heterocycles. The number of ether oxygens (including phenoxy) is 1. The lowest BCUT2D eigenvalue weighted by Gasteiger charge is -2.23. The lowest BCUT2D eigenvalue weighted by Crippen LogP contribution is -2.33. The fraction of sp³-hybridized carbons (Fsp3) is 0.350. The first kappa shape index (κ1) is 19.2. The average Bonchev–Trinajstić information content (AvgIpc) is 2.81. The van der Waals surface area contributed by atoms with Crippen LogP contribution >= 0.6 is 0 Å². The van der Waals surface area contributed by atoms with Gasteiger partial charge in [-0.05, 0) is 12.1 Å². The van der Waals surface area contributed by atoms with Crippen LogP contribution in [0.1, 0.15) is 17.5 Å². The number of halogens is 3. The fourth-order valence-electron chi connectivity index (χ4n) is 3.15. The minimum absolute atomic E-state index is 0.0436.